The maximum absolute atomic E-state index is 14.8. The molecular weight excluding hydrogens is 509 g/mol. The molecule has 3 aromatic rings. The topological polar surface area (TPSA) is 141 Å². The first-order valence-corrected chi connectivity index (χ1v) is 12.2. The summed E-state index contributed by atoms with van der Waals surface area (Å²) in [6.07, 6.45) is 0.272. The van der Waals surface area contributed by atoms with Crippen LogP contribution >= 0.6 is 0 Å². The largest absolute Gasteiger partial charge is 0.443 e. The van der Waals surface area contributed by atoms with Gasteiger partial charge in [-0.1, -0.05) is 18.2 Å². The summed E-state index contributed by atoms with van der Waals surface area (Å²) in [6.45, 7) is 5.71. The Balaban J connectivity index is 1.45. The van der Waals surface area contributed by atoms with Crippen LogP contribution in [0.5, 0.6) is 0 Å². The molecule has 0 aliphatic carbocycles. The molecule has 0 bridgehead atoms. The van der Waals surface area contributed by atoms with Gasteiger partial charge in [-0.2, -0.15) is 0 Å². The number of ether oxygens (including phenoxy) is 1. The van der Waals surface area contributed by atoms with Crippen molar-refractivity contribution in [3.05, 3.63) is 71.2 Å². The second kappa shape index (κ2) is 10.9. The van der Waals surface area contributed by atoms with Crippen LogP contribution in [-0.2, 0) is 9.53 Å². The van der Waals surface area contributed by atoms with E-state index >= 15 is 0 Å². The van der Waals surface area contributed by atoms with E-state index < -0.39 is 35.1 Å². The number of carbonyl (C=O) groups is 5. The molecule has 12 heteroatoms. The number of halogens is 1. The van der Waals surface area contributed by atoms with E-state index in [9.17, 15) is 28.4 Å². The van der Waals surface area contributed by atoms with E-state index in [2.05, 4.69) is 15.8 Å². The van der Waals surface area contributed by atoms with Gasteiger partial charge in [0.1, 0.15) is 11.4 Å². The van der Waals surface area contributed by atoms with Gasteiger partial charge in [0.2, 0.25) is 0 Å². The van der Waals surface area contributed by atoms with Crippen LogP contribution in [0.2, 0.25) is 0 Å². The van der Waals surface area contributed by atoms with Gasteiger partial charge in [0, 0.05) is 43.3 Å². The summed E-state index contributed by atoms with van der Waals surface area (Å²) in [7, 11) is 0. The zero-order chi connectivity index (χ0) is 28.3. The van der Waals surface area contributed by atoms with Crippen molar-refractivity contribution >= 4 is 40.5 Å². The van der Waals surface area contributed by atoms with Gasteiger partial charge < -0.3 is 19.5 Å². The fraction of sp³-hybridized carbons (Fsp3) is 0.296. The van der Waals surface area contributed by atoms with E-state index in [1.807, 2.05) is 6.07 Å². The summed E-state index contributed by atoms with van der Waals surface area (Å²) in [5.41, 5.74) is 3.70. The van der Waals surface area contributed by atoms with Crippen LogP contribution in [0.3, 0.4) is 0 Å². The Bertz CT molecular complexity index is 1440. The minimum atomic E-state index is -0.951. The quantitative estimate of drug-likeness (QED) is 0.266. The van der Waals surface area contributed by atoms with Crippen LogP contribution in [0, 0.1) is 5.82 Å². The van der Waals surface area contributed by atoms with Crippen molar-refractivity contribution in [2.75, 3.05) is 26.2 Å². The molecule has 1 aliphatic heterocycles. The van der Waals surface area contributed by atoms with E-state index in [0.717, 1.165) is 6.07 Å². The van der Waals surface area contributed by atoms with Crippen LogP contribution in [0.1, 0.15) is 51.8 Å². The minimum Gasteiger partial charge on any atom is -0.443 e. The number of aromatic amines is 1. The third-order valence-electron chi connectivity index (χ3n) is 6.02. The molecular formula is C27H28FN5O6. The zero-order valence-electron chi connectivity index (χ0n) is 21.7. The molecule has 204 valence electrons. The van der Waals surface area contributed by atoms with Crippen LogP contribution in [0.4, 0.5) is 9.18 Å². The number of nitrogens with one attached hydrogen (secondary N) is 3. The SMILES string of the molecule is CC(C)(C)OC(=O)NNC(=O)c1ccc(F)c2c(C(=O)C(=O)N3CCN(C(=O)c4ccccc4)CC3)c[nH]c12. The highest BCUT2D eigenvalue weighted by molar-refractivity contribution is 6.45. The van der Waals surface area contributed by atoms with Gasteiger partial charge in [0.05, 0.1) is 16.6 Å². The number of fused-ring (bicyclic) bond motifs is 1. The van der Waals surface area contributed by atoms with E-state index in [0.29, 0.717) is 5.56 Å². The number of carbonyl (C=O) groups excluding carboxylic acids is 5. The molecule has 1 fully saturated rings. The number of piperazine rings is 1. The average molecular weight is 538 g/mol. The molecule has 0 atom stereocenters. The standard InChI is InChI=1S/C27H28FN5O6/c1-27(2,3)39-26(38)31-30-23(35)17-9-10-19(28)20-18(15-29-21(17)20)22(34)25(37)33-13-11-32(12-14-33)24(36)16-7-5-4-6-8-16/h4-10,15,29H,11-14H2,1-3H3,(H,30,35)(H,31,38). The normalized spacial score (nSPS) is 13.6. The summed E-state index contributed by atoms with van der Waals surface area (Å²) in [6, 6.07) is 10.9. The second-order valence-electron chi connectivity index (χ2n) is 9.91. The van der Waals surface area contributed by atoms with Crippen molar-refractivity contribution in [2.24, 2.45) is 0 Å². The Morgan fingerprint density at radius 1 is 0.872 bits per heavy atom. The van der Waals surface area contributed by atoms with E-state index in [4.69, 9.17) is 4.74 Å². The van der Waals surface area contributed by atoms with Gasteiger partial charge in [0.15, 0.2) is 0 Å². The Labute approximate surface area is 223 Å². The number of nitrogens with zero attached hydrogens (tertiary/aromatic N) is 2. The molecule has 0 spiro atoms. The molecule has 2 heterocycles. The molecule has 4 amide bonds. The third kappa shape index (κ3) is 6.06. The summed E-state index contributed by atoms with van der Waals surface area (Å²) >= 11 is 0. The zero-order valence-corrected chi connectivity index (χ0v) is 21.7. The smallest absolute Gasteiger partial charge is 0.426 e. The number of hydrazine groups is 1. The lowest BCUT2D eigenvalue weighted by atomic mass is 10.0. The highest BCUT2D eigenvalue weighted by Gasteiger charge is 2.31. The van der Waals surface area contributed by atoms with Crippen molar-refractivity contribution < 1.29 is 33.1 Å². The predicted molar refractivity (Wildman–Crippen MR) is 138 cm³/mol. The van der Waals surface area contributed by atoms with E-state index in [1.165, 1.54) is 17.2 Å². The fourth-order valence-electron chi connectivity index (χ4n) is 4.19. The van der Waals surface area contributed by atoms with Crippen LogP contribution in [-0.4, -0.2) is 76.2 Å². The number of hydrogen-bond donors (Lipinski definition) is 3. The molecule has 0 unspecified atom stereocenters. The first kappa shape index (κ1) is 27.3. The first-order chi connectivity index (χ1) is 18.5. The van der Waals surface area contributed by atoms with Gasteiger partial charge in [-0.3, -0.25) is 24.6 Å². The van der Waals surface area contributed by atoms with E-state index in [1.54, 1.807) is 49.9 Å². The number of ketones is 1. The van der Waals surface area contributed by atoms with Crippen LogP contribution in [0.15, 0.2) is 48.7 Å². The Kier molecular flexibility index (Phi) is 7.65. The summed E-state index contributed by atoms with van der Waals surface area (Å²) in [5, 5.41) is -0.226. The lowest BCUT2D eigenvalue weighted by Crippen LogP contribution is -2.52. The number of H-pyrrole nitrogens is 1. The number of hydrogen-bond acceptors (Lipinski definition) is 6. The van der Waals surface area contributed by atoms with Crippen molar-refractivity contribution in [3.63, 3.8) is 0 Å². The first-order valence-electron chi connectivity index (χ1n) is 12.2. The number of Topliss-reactive ketones (excluding diaryl/α,β-unsaturated/α-hetero) is 1. The predicted octanol–water partition coefficient (Wildman–Crippen LogP) is 2.64. The van der Waals surface area contributed by atoms with Crippen molar-refractivity contribution in [2.45, 2.75) is 26.4 Å². The third-order valence-corrected chi connectivity index (χ3v) is 6.02. The molecule has 1 saturated heterocycles. The maximum atomic E-state index is 14.8. The van der Waals surface area contributed by atoms with Crippen molar-refractivity contribution in [3.8, 4) is 0 Å². The molecule has 39 heavy (non-hydrogen) atoms. The monoisotopic (exact) mass is 537 g/mol. The summed E-state index contributed by atoms with van der Waals surface area (Å²) in [4.78, 5) is 68.9. The van der Waals surface area contributed by atoms with Gasteiger partial charge in [-0.25, -0.2) is 14.6 Å². The van der Waals surface area contributed by atoms with Crippen molar-refractivity contribution in [1.29, 1.82) is 0 Å². The Morgan fingerprint density at radius 2 is 1.51 bits per heavy atom. The van der Waals surface area contributed by atoms with Gasteiger partial charge in [-0.05, 0) is 45.0 Å². The lowest BCUT2D eigenvalue weighted by molar-refractivity contribution is -0.127. The number of benzene rings is 2. The van der Waals surface area contributed by atoms with Gasteiger partial charge >= 0.3 is 6.09 Å². The summed E-state index contributed by atoms with van der Waals surface area (Å²) in [5.74, 6) is -3.56. The van der Waals surface area contributed by atoms with Crippen LogP contribution in [0.25, 0.3) is 10.9 Å². The van der Waals surface area contributed by atoms with Crippen molar-refractivity contribution in [1.82, 2.24) is 25.6 Å². The Morgan fingerprint density at radius 3 is 2.15 bits per heavy atom. The molecule has 4 rings (SSSR count). The van der Waals surface area contributed by atoms with E-state index in [-0.39, 0.29) is 54.1 Å². The molecule has 1 aliphatic rings. The number of amides is 4. The van der Waals surface area contributed by atoms with Gasteiger partial charge in [0.25, 0.3) is 23.5 Å². The molecule has 1 aromatic heterocycles. The number of rotatable bonds is 4. The molecule has 0 radical (unpaired) electrons. The Hall–Kier alpha value is -4.74. The van der Waals surface area contributed by atoms with Crippen LogP contribution < -0.4 is 10.9 Å². The molecule has 11 nitrogen and oxygen atoms in total. The number of aromatic nitrogens is 1. The average Bonchev–Trinajstić information content (AvgIpc) is 3.36. The summed E-state index contributed by atoms with van der Waals surface area (Å²) < 4.78 is 19.9. The second-order valence-corrected chi connectivity index (χ2v) is 9.91. The highest BCUT2D eigenvalue weighted by atomic mass is 19.1. The molecule has 3 N–H and O–H groups in total. The minimum absolute atomic E-state index is 0.0204. The maximum Gasteiger partial charge on any atom is 0.426 e. The lowest BCUT2D eigenvalue weighted by Gasteiger charge is -2.34. The molecule has 0 saturated carbocycles. The molecule has 2 aromatic carbocycles. The highest BCUT2D eigenvalue weighted by Crippen LogP contribution is 2.26. The fourth-order valence-corrected chi connectivity index (χ4v) is 4.19. The van der Waals surface area contributed by atoms with Gasteiger partial charge in [-0.15, -0.1) is 0 Å².